The molecule has 0 atom stereocenters. The summed E-state index contributed by atoms with van der Waals surface area (Å²) in [4.78, 5) is 0. The first-order valence-corrected chi connectivity index (χ1v) is 13.1. The zero-order valence-electron chi connectivity index (χ0n) is 18.1. The summed E-state index contributed by atoms with van der Waals surface area (Å²) < 4.78 is 0. The van der Waals surface area contributed by atoms with E-state index in [0.717, 1.165) is 0 Å². The number of hydrogen-bond donors (Lipinski definition) is 0. The second-order valence-corrected chi connectivity index (χ2v) is 6.36. The summed E-state index contributed by atoms with van der Waals surface area (Å²) in [7, 11) is 0. The minimum atomic E-state index is 0. The molecular formula is C27H28Cl2SiZr-4. The number of halogens is 2. The van der Waals surface area contributed by atoms with Gasteiger partial charge in [0.1, 0.15) is 0 Å². The number of hydrogen-bond acceptors (Lipinski definition) is 0. The molecular weight excluding hydrogens is 515 g/mol. The minimum Gasteiger partial charge on any atom is -0.168 e. The molecule has 0 aliphatic rings. The van der Waals surface area contributed by atoms with Crippen LogP contribution in [-0.2, 0) is 23.3 Å². The van der Waals surface area contributed by atoms with Crippen molar-refractivity contribution < 1.29 is 23.3 Å². The summed E-state index contributed by atoms with van der Waals surface area (Å²) in [6.45, 7) is 5.19. The van der Waals surface area contributed by atoms with Crippen LogP contribution in [0, 0.1) is 21.8 Å². The van der Waals surface area contributed by atoms with Gasteiger partial charge < -0.3 is 14.9 Å². The first-order valence-electron chi connectivity index (χ1n) is 8.88. The summed E-state index contributed by atoms with van der Waals surface area (Å²) in [6.07, 6.45) is 0. The van der Waals surface area contributed by atoms with Crippen molar-refractivity contribution in [1.29, 1.82) is 0 Å². The van der Waals surface area contributed by atoms with Gasteiger partial charge in [0.15, 0.2) is 0 Å². The van der Waals surface area contributed by atoms with Gasteiger partial charge in [-0.1, -0.05) is 55.0 Å². The molecule has 2 radical (unpaired) electrons. The molecule has 31 heavy (non-hydrogen) atoms. The van der Waals surface area contributed by atoms with Gasteiger partial charge in [0.2, 0.25) is 0 Å². The predicted molar refractivity (Wildman–Crippen MR) is 142 cm³/mol. The topological polar surface area (TPSA) is 0 Å². The molecule has 0 heterocycles. The molecule has 0 amide bonds. The molecule has 5 aromatic rings. The van der Waals surface area contributed by atoms with E-state index in [1.54, 1.807) is 0 Å². The largest absolute Gasteiger partial charge is 0.168 e. The van der Waals surface area contributed by atoms with E-state index in [1.807, 2.05) is 0 Å². The van der Waals surface area contributed by atoms with Crippen molar-refractivity contribution in [3.63, 3.8) is 0 Å². The molecule has 0 aromatic heterocycles. The Morgan fingerprint density at radius 1 is 0.710 bits per heavy atom. The van der Waals surface area contributed by atoms with Gasteiger partial charge in [-0.25, -0.2) is 0 Å². The summed E-state index contributed by atoms with van der Waals surface area (Å²) in [6, 6.07) is 36.2. The normalized spacial score (nSPS) is 8.65. The van der Waals surface area contributed by atoms with E-state index in [-0.39, 0.29) is 39.7 Å². The summed E-state index contributed by atoms with van der Waals surface area (Å²) in [5, 5.41) is 5.35. The Hall–Kier alpha value is -1.44. The Labute approximate surface area is 216 Å². The Morgan fingerprint density at radius 3 is 2.00 bits per heavy atom. The van der Waals surface area contributed by atoms with E-state index in [1.165, 1.54) is 61.6 Å². The maximum atomic E-state index is 3.06. The van der Waals surface area contributed by atoms with Crippen LogP contribution in [0.25, 0.3) is 32.7 Å². The second kappa shape index (κ2) is 16.2. The van der Waals surface area contributed by atoms with Crippen LogP contribution in [0.3, 0.4) is 0 Å². The summed E-state index contributed by atoms with van der Waals surface area (Å²) in [5.41, 5.74) is 3.95. The third-order valence-corrected chi connectivity index (χ3v) is 4.53. The van der Waals surface area contributed by atoms with Crippen LogP contribution >= 0.6 is 24.8 Å². The van der Waals surface area contributed by atoms with Crippen molar-refractivity contribution in [1.82, 2.24) is 0 Å². The zero-order valence-corrected chi connectivity index (χ0v) is 23.2. The fourth-order valence-corrected chi connectivity index (χ4v) is 3.34. The Bertz CT molecular complexity index is 1100. The van der Waals surface area contributed by atoms with Gasteiger partial charge in [-0.15, -0.1) is 94.4 Å². The molecule has 5 rings (SSSR count). The van der Waals surface area contributed by atoms with E-state index < -0.39 is 0 Å². The molecule has 0 fully saturated rings. The quantitative estimate of drug-likeness (QED) is 0.147. The maximum Gasteiger partial charge on any atom is -0.0279 e. The zero-order chi connectivity index (χ0) is 19.1. The maximum absolute atomic E-state index is 3.06. The monoisotopic (exact) mass is 540 g/mol. The molecule has 162 valence electrons. The molecule has 0 N–H and O–H groups in total. The van der Waals surface area contributed by atoms with Crippen molar-refractivity contribution in [2.45, 2.75) is 6.92 Å². The molecule has 0 saturated heterocycles. The van der Waals surface area contributed by atoms with E-state index in [2.05, 4.69) is 117 Å². The third-order valence-electron chi connectivity index (χ3n) is 4.53. The fourth-order valence-electron chi connectivity index (χ4n) is 3.34. The van der Waals surface area contributed by atoms with Gasteiger partial charge in [-0.05, 0) is 5.56 Å². The molecule has 0 nitrogen and oxygen atoms in total. The Balaban J connectivity index is 0. The SMILES string of the molecule is Cc1cc2ccccc2[cH-]1.Cl.Cl.[CH3-].[CH3-].[Si]=[Zr].c1ccc(-c2cccc3[cH-]ccc23)cc1. The molecule has 5 aromatic carbocycles. The average Bonchev–Trinajstić information content (AvgIpc) is 3.35. The van der Waals surface area contributed by atoms with Gasteiger partial charge in [-0.3, -0.25) is 0 Å². The standard InChI is InChI=1S/C15H11.C10H9.2CH3.2ClH.Si.Zr/c1-2-6-12(7-3-1)14-10-4-8-13-9-5-11-15(13)14;1-8-6-9-4-2-3-5-10(9)7-8;;;;;;/h1-11H;2-7H,1H3;2*1H3;2*1H;;/q4*-1;;;;. The molecule has 0 bridgehead atoms. The molecule has 0 aliphatic carbocycles. The molecule has 4 heteroatoms. The van der Waals surface area contributed by atoms with Gasteiger partial charge in [0.05, 0.1) is 0 Å². The van der Waals surface area contributed by atoms with Gasteiger partial charge in [-0.2, -0.15) is 18.2 Å². The predicted octanol–water partition coefficient (Wildman–Crippen LogP) is 8.45. The van der Waals surface area contributed by atoms with Gasteiger partial charge in [0, 0.05) is 0 Å². The van der Waals surface area contributed by atoms with Crippen LogP contribution in [0.2, 0.25) is 0 Å². The van der Waals surface area contributed by atoms with Crippen molar-refractivity contribution in [2.75, 3.05) is 0 Å². The number of rotatable bonds is 1. The summed E-state index contributed by atoms with van der Waals surface area (Å²) in [5.74, 6) is 0. The smallest absolute Gasteiger partial charge is 0.0279 e. The first-order chi connectivity index (χ1) is 13.3. The Kier molecular flexibility index (Phi) is 16.6. The van der Waals surface area contributed by atoms with Crippen molar-refractivity contribution >= 4 is 53.2 Å². The second-order valence-electron chi connectivity index (χ2n) is 6.36. The van der Waals surface area contributed by atoms with E-state index in [4.69, 9.17) is 0 Å². The Morgan fingerprint density at radius 2 is 1.32 bits per heavy atom. The van der Waals surface area contributed by atoms with Crippen molar-refractivity contribution in [2.24, 2.45) is 0 Å². The molecule has 0 spiro atoms. The van der Waals surface area contributed by atoms with Crippen molar-refractivity contribution in [3.8, 4) is 11.1 Å². The number of aryl methyl sites for hydroxylation is 1. The van der Waals surface area contributed by atoms with Crippen LogP contribution in [0.15, 0.2) is 103 Å². The summed E-state index contributed by atoms with van der Waals surface area (Å²) >= 11 is 1.36. The van der Waals surface area contributed by atoms with E-state index >= 15 is 0 Å². The average molecular weight is 543 g/mol. The fraction of sp³-hybridized carbons (Fsp3) is 0.0370. The van der Waals surface area contributed by atoms with Gasteiger partial charge in [0.25, 0.3) is 0 Å². The van der Waals surface area contributed by atoms with Crippen LogP contribution in [0.4, 0.5) is 0 Å². The first kappa shape index (κ1) is 31.7. The minimum absolute atomic E-state index is 0. The van der Waals surface area contributed by atoms with Crippen molar-refractivity contribution in [3.05, 3.63) is 124 Å². The molecule has 0 unspecified atom stereocenters. The molecule has 0 saturated carbocycles. The number of benzene rings is 3. The van der Waals surface area contributed by atoms with Crippen LogP contribution in [0.1, 0.15) is 5.56 Å². The van der Waals surface area contributed by atoms with E-state index in [0.29, 0.717) is 0 Å². The van der Waals surface area contributed by atoms with E-state index in [9.17, 15) is 0 Å². The molecule has 0 aliphatic heterocycles. The van der Waals surface area contributed by atoms with Crippen LogP contribution in [0.5, 0.6) is 0 Å². The number of fused-ring (bicyclic) bond motifs is 2. The van der Waals surface area contributed by atoms with Gasteiger partial charge >= 0.3 is 30.2 Å². The van der Waals surface area contributed by atoms with Crippen LogP contribution < -0.4 is 0 Å². The third kappa shape index (κ3) is 8.20. The van der Waals surface area contributed by atoms with Crippen LogP contribution in [-0.4, -0.2) is 6.88 Å².